The SMILES string of the molecule is CC(C)(C)C(=O)OCC1c2ccccc2-c2ccccc21.CC(C)(C)C(=O)OCC[Si](C)(C)C.CC(C)(C)C(c1ccccc1)(c1ccccc1)c1ccccc1.CC(C)(C)OC(=O)C(C)(C)C.Cc1ccc(CC(C)(C)C)cc1. The lowest BCUT2D eigenvalue weighted by atomic mass is 9.56. The van der Waals surface area contributed by atoms with Crippen molar-refractivity contribution in [1.29, 1.82) is 0 Å². The summed E-state index contributed by atoms with van der Waals surface area (Å²) in [6.45, 7) is 46.2. The number of fused-ring (bicyclic) bond motifs is 3. The fraction of sp³-hybridized carbons (Fsp3) is 0.466. The van der Waals surface area contributed by atoms with Crippen LogP contribution in [0.25, 0.3) is 11.1 Å². The van der Waals surface area contributed by atoms with Crippen LogP contribution < -0.4 is 0 Å². The number of esters is 3. The molecule has 0 saturated carbocycles. The maximum absolute atomic E-state index is 12.0. The van der Waals surface area contributed by atoms with Crippen LogP contribution in [0.3, 0.4) is 0 Å². The van der Waals surface area contributed by atoms with E-state index in [1.807, 2.05) is 95.2 Å². The van der Waals surface area contributed by atoms with Gasteiger partial charge in [0.15, 0.2) is 0 Å². The topological polar surface area (TPSA) is 78.9 Å². The molecule has 0 amide bonds. The Labute approximate surface area is 486 Å². The zero-order chi connectivity index (χ0) is 60.5. The Balaban J connectivity index is 0.000000272. The van der Waals surface area contributed by atoms with Crippen molar-refractivity contribution in [3.8, 4) is 11.1 Å². The molecule has 6 aromatic carbocycles. The molecular weight excluding hydrogens is 1000 g/mol. The van der Waals surface area contributed by atoms with Crippen LogP contribution in [0.5, 0.6) is 0 Å². The highest BCUT2D eigenvalue weighted by Gasteiger charge is 2.46. The van der Waals surface area contributed by atoms with Crippen molar-refractivity contribution in [1.82, 2.24) is 0 Å². The van der Waals surface area contributed by atoms with E-state index in [4.69, 9.17) is 14.2 Å². The number of benzene rings is 6. The molecule has 80 heavy (non-hydrogen) atoms. The maximum Gasteiger partial charge on any atom is 0.311 e. The minimum atomic E-state index is -1.06. The van der Waals surface area contributed by atoms with Gasteiger partial charge < -0.3 is 14.2 Å². The highest BCUT2D eigenvalue weighted by molar-refractivity contribution is 6.76. The van der Waals surface area contributed by atoms with Gasteiger partial charge in [0.05, 0.1) is 22.9 Å². The summed E-state index contributed by atoms with van der Waals surface area (Å²) >= 11 is 0. The third-order valence-corrected chi connectivity index (χ3v) is 15.0. The molecule has 0 saturated heterocycles. The molecule has 0 bridgehead atoms. The van der Waals surface area contributed by atoms with E-state index in [0.29, 0.717) is 18.6 Å². The number of carbonyl (C=O) groups is 3. The van der Waals surface area contributed by atoms with Gasteiger partial charge in [-0.3, -0.25) is 14.4 Å². The van der Waals surface area contributed by atoms with Gasteiger partial charge in [-0.25, -0.2) is 0 Å². The van der Waals surface area contributed by atoms with E-state index in [1.54, 1.807) is 0 Å². The van der Waals surface area contributed by atoms with E-state index in [0.717, 1.165) is 12.5 Å². The molecule has 0 N–H and O–H groups in total. The molecule has 0 aliphatic heterocycles. The number of hydrogen-bond acceptors (Lipinski definition) is 6. The van der Waals surface area contributed by atoms with Gasteiger partial charge in [0.2, 0.25) is 0 Å². The van der Waals surface area contributed by atoms with Crippen LogP contribution in [-0.2, 0) is 40.4 Å². The molecule has 0 unspecified atom stereocenters. The minimum absolute atomic E-state index is 0.0249. The van der Waals surface area contributed by atoms with Crippen LogP contribution in [0, 0.1) is 34.0 Å². The van der Waals surface area contributed by atoms with Gasteiger partial charge >= 0.3 is 17.9 Å². The summed E-state index contributed by atoms with van der Waals surface area (Å²) in [6, 6.07) is 59.2. The van der Waals surface area contributed by atoms with E-state index >= 15 is 0 Å². The molecule has 7 heteroatoms. The summed E-state index contributed by atoms with van der Waals surface area (Å²) in [7, 11) is -1.06. The molecule has 0 spiro atoms. The average molecular weight is 1100 g/mol. The lowest BCUT2D eigenvalue weighted by molar-refractivity contribution is -0.164. The van der Waals surface area contributed by atoms with Gasteiger partial charge in [0.25, 0.3) is 0 Å². The van der Waals surface area contributed by atoms with Gasteiger partial charge in [-0.15, -0.1) is 0 Å². The largest absolute Gasteiger partial charge is 0.466 e. The van der Waals surface area contributed by atoms with Gasteiger partial charge in [0, 0.05) is 19.4 Å². The number of aryl methyl sites for hydroxylation is 1. The van der Waals surface area contributed by atoms with Crippen molar-refractivity contribution >= 4 is 26.0 Å². The quantitative estimate of drug-likeness (QED) is 0.0621. The van der Waals surface area contributed by atoms with E-state index in [-0.39, 0.29) is 45.7 Å². The Morgan fingerprint density at radius 2 is 0.787 bits per heavy atom. The smallest absolute Gasteiger partial charge is 0.311 e. The monoisotopic (exact) mass is 1100 g/mol. The van der Waals surface area contributed by atoms with E-state index in [1.165, 1.54) is 50.1 Å². The molecule has 0 atom stereocenters. The zero-order valence-electron chi connectivity index (χ0n) is 53.4. The van der Waals surface area contributed by atoms with Crippen molar-refractivity contribution in [2.24, 2.45) is 27.1 Å². The van der Waals surface area contributed by atoms with E-state index in [2.05, 4.69) is 220 Å². The Morgan fingerprint density at radius 3 is 1.10 bits per heavy atom. The lowest BCUT2D eigenvalue weighted by Gasteiger charge is -2.46. The van der Waals surface area contributed by atoms with Gasteiger partial charge in [0.1, 0.15) is 12.2 Å². The minimum Gasteiger partial charge on any atom is -0.466 e. The van der Waals surface area contributed by atoms with Crippen LogP contribution in [-0.4, -0.2) is 44.8 Å². The number of ether oxygens (including phenoxy) is 3. The molecule has 6 aromatic rings. The van der Waals surface area contributed by atoms with Crippen LogP contribution in [0.4, 0.5) is 0 Å². The molecule has 0 radical (unpaired) electrons. The normalized spacial score (nSPS) is 12.7. The van der Waals surface area contributed by atoms with Crippen LogP contribution in [0.1, 0.15) is 169 Å². The highest BCUT2D eigenvalue weighted by atomic mass is 28.3. The van der Waals surface area contributed by atoms with Crippen molar-refractivity contribution in [2.45, 2.75) is 181 Å². The Bertz CT molecular complexity index is 2680. The summed E-state index contributed by atoms with van der Waals surface area (Å²) in [5.74, 6) is -0.246. The number of hydrogen-bond donors (Lipinski definition) is 0. The zero-order valence-corrected chi connectivity index (χ0v) is 54.4. The standard InChI is InChI=1S/C23H24.C19H20O2.C12H18.C10H22O2Si.C9H18O2/c1-22(2,3)23(19-13-7-4-8-14-19,20-15-9-5-10-16-20)21-17-11-6-12-18-21;1-19(2,3)18(20)21-12-17-15-10-6-4-8-13(15)14-9-5-7-11-16(14)17;1-10-5-7-11(8-6-10)9-12(2,3)4;1-10(2,3)9(11)12-7-8-13(4,5)6;1-8(2,3)7(10)11-9(4,5)6/h4-18H,1-3H3;4-11,17H,12H2,1-3H3;5-8H,9H2,1-4H3;7-8H2,1-6H3;1-6H3. The van der Waals surface area contributed by atoms with Gasteiger partial charge in [-0.2, -0.15) is 0 Å². The van der Waals surface area contributed by atoms with Crippen molar-refractivity contribution in [3.63, 3.8) is 0 Å². The summed E-state index contributed by atoms with van der Waals surface area (Å²) < 4.78 is 15.9. The highest BCUT2D eigenvalue weighted by Crippen LogP contribution is 2.51. The second-order valence-corrected chi connectivity index (χ2v) is 34.5. The first kappa shape index (κ1) is 68.2. The van der Waals surface area contributed by atoms with Crippen LogP contribution >= 0.6 is 0 Å². The van der Waals surface area contributed by atoms with Gasteiger partial charge in [-0.1, -0.05) is 231 Å². The first-order valence-electron chi connectivity index (χ1n) is 28.8. The Kier molecular flexibility index (Phi) is 24.4. The van der Waals surface area contributed by atoms with E-state index in [9.17, 15) is 14.4 Å². The number of rotatable bonds is 9. The first-order chi connectivity index (χ1) is 36.8. The first-order valence-corrected chi connectivity index (χ1v) is 32.5. The molecule has 1 aliphatic rings. The number of carbonyl (C=O) groups excluding carboxylic acids is 3. The molecular formula is C73H102O6Si. The second kappa shape index (κ2) is 28.6. The summed E-state index contributed by atoms with van der Waals surface area (Å²) in [6.07, 6.45) is 1.16. The molecule has 7 rings (SSSR count). The van der Waals surface area contributed by atoms with Crippen LogP contribution in [0.2, 0.25) is 25.7 Å². The second-order valence-electron chi connectivity index (χ2n) is 28.8. The summed E-state index contributed by atoms with van der Waals surface area (Å²) in [5.41, 5.74) is 10.5. The molecule has 0 heterocycles. The third-order valence-electron chi connectivity index (χ3n) is 13.3. The third kappa shape index (κ3) is 21.8. The Morgan fingerprint density at radius 1 is 0.438 bits per heavy atom. The molecule has 434 valence electrons. The molecule has 0 fully saturated rings. The fourth-order valence-corrected chi connectivity index (χ4v) is 9.81. The van der Waals surface area contributed by atoms with E-state index < -0.39 is 18.9 Å². The predicted octanol–water partition coefficient (Wildman–Crippen LogP) is 19.3. The molecule has 6 nitrogen and oxygen atoms in total. The summed E-state index contributed by atoms with van der Waals surface area (Å²) in [4.78, 5) is 34.6. The predicted molar refractivity (Wildman–Crippen MR) is 341 cm³/mol. The summed E-state index contributed by atoms with van der Waals surface area (Å²) in [5, 5.41) is 0. The fourth-order valence-electron chi connectivity index (χ4n) is 9.09. The van der Waals surface area contributed by atoms with Crippen LogP contribution in [0.15, 0.2) is 164 Å². The van der Waals surface area contributed by atoms with Gasteiger partial charge in [-0.05, 0) is 158 Å². The molecule has 0 aromatic heterocycles. The van der Waals surface area contributed by atoms with Crippen molar-refractivity contribution in [2.75, 3.05) is 13.2 Å². The lowest BCUT2D eigenvalue weighted by Crippen LogP contribution is -2.42. The maximum atomic E-state index is 12.0. The van der Waals surface area contributed by atoms with Crippen molar-refractivity contribution in [3.05, 3.63) is 203 Å². The van der Waals surface area contributed by atoms with Crippen molar-refractivity contribution < 1.29 is 28.6 Å². The Hall–Kier alpha value is -6.05. The molecule has 1 aliphatic carbocycles. The average Bonchev–Trinajstić information content (AvgIpc) is 3.67.